The fourth-order valence-electron chi connectivity index (χ4n) is 2.42. The Morgan fingerprint density at radius 3 is 2.82 bits per heavy atom. The Hall–Kier alpha value is -0.770. The first kappa shape index (κ1) is 12.7. The Kier molecular flexibility index (Phi) is 4.66. The average molecular weight is 255 g/mol. The third-order valence-corrected chi connectivity index (χ3v) is 3.64. The van der Waals surface area contributed by atoms with Crippen molar-refractivity contribution in [2.24, 2.45) is 11.8 Å². The first-order chi connectivity index (χ1) is 8.29. The van der Waals surface area contributed by atoms with Crippen molar-refractivity contribution >= 4 is 11.6 Å². The highest BCUT2D eigenvalue weighted by Crippen LogP contribution is 2.28. The lowest BCUT2D eigenvalue weighted by Crippen LogP contribution is -2.44. The van der Waals surface area contributed by atoms with Gasteiger partial charge in [-0.25, -0.2) is 0 Å². The molecule has 0 amide bonds. The molecule has 3 N–H and O–H groups in total. The molecule has 1 aliphatic rings. The van der Waals surface area contributed by atoms with E-state index in [1.807, 2.05) is 24.3 Å². The van der Waals surface area contributed by atoms with Crippen molar-refractivity contribution in [1.82, 2.24) is 5.43 Å². The summed E-state index contributed by atoms with van der Waals surface area (Å²) in [5.41, 5.74) is 2.87. The summed E-state index contributed by atoms with van der Waals surface area (Å²) >= 11 is 5.90. The zero-order valence-corrected chi connectivity index (χ0v) is 10.6. The summed E-state index contributed by atoms with van der Waals surface area (Å²) in [5, 5.41) is 0.695. The van der Waals surface area contributed by atoms with E-state index in [1.165, 1.54) is 25.7 Å². The molecule has 1 aromatic carbocycles. The minimum absolute atomic E-state index is 0.233. The maximum absolute atomic E-state index is 5.90. The first-order valence-corrected chi connectivity index (χ1v) is 6.52. The molecule has 0 aliphatic heterocycles. The van der Waals surface area contributed by atoms with Gasteiger partial charge in [0.15, 0.2) is 0 Å². The fourth-order valence-corrected chi connectivity index (χ4v) is 2.60. The molecule has 1 atom stereocenters. The quantitative estimate of drug-likeness (QED) is 0.628. The van der Waals surface area contributed by atoms with Gasteiger partial charge < -0.3 is 4.74 Å². The predicted octanol–water partition coefficient (Wildman–Crippen LogP) is 2.74. The molecular formula is C13H19ClN2O. The van der Waals surface area contributed by atoms with E-state index in [0.717, 1.165) is 5.75 Å². The number of nitrogens with one attached hydrogen (secondary N) is 1. The van der Waals surface area contributed by atoms with Crippen LogP contribution >= 0.6 is 11.6 Å². The molecule has 4 heteroatoms. The van der Waals surface area contributed by atoms with Crippen LogP contribution in [0, 0.1) is 5.92 Å². The number of halogens is 1. The lowest BCUT2D eigenvalue weighted by Gasteiger charge is -2.22. The van der Waals surface area contributed by atoms with Crippen LogP contribution in [0.4, 0.5) is 0 Å². The monoisotopic (exact) mass is 254 g/mol. The van der Waals surface area contributed by atoms with Gasteiger partial charge in [0.1, 0.15) is 12.4 Å². The van der Waals surface area contributed by atoms with Gasteiger partial charge in [0, 0.05) is 5.02 Å². The van der Waals surface area contributed by atoms with Crippen molar-refractivity contribution in [3.8, 4) is 5.75 Å². The number of nitrogens with two attached hydrogens (primary N) is 1. The highest BCUT2D eigenvalue weighted by atomic mass is 35.5. The molecule has 2 rings (SSSR count). The molecule has 17 heavy (non-hydrogen) atoms. The molecule has 0 bridgehead atoms. The van der Waals surface area contributed by atoms with E-state index < -0.39 is 0 Å². The van der Waals surface area contributed by atoms with Crippen LogP contribution in [0.1, 0.15) is 25.7 Å². The Bertz CT molecular complexity index is 353. The number of hydrazine groups is 1. The molecule has 1 aliphatic carbocycles. The number of hydrogen-bond donors (Lipinski definition) is 2. The molecular weight excluding hydrogens is 236 g/mol. The van der Waals surface area contributed by atoms with E-state index >= 15 is 0 Å². The number of rotatable bonds is 5. The lowest BCUT2D eigenvalue weighted by atomic mass is 9.99. The Morgan fingerprint density at radius 2 is 2.18 bits per heavy atom. The van der Waals surface area contributed by atoms with E-state index in [2.05, 4.69) is 5.43 Å². The van der Waals surface area contributed by atoms with Gasteiger partial charge in [-0.2, -0.15) is 0 Å². The zero-order chi connectivity index (χ0) is 12.1. The summed E-state index contributed by atoms with van der Waals surface area (Å²) in [6.45, 7) is 0.599. The number of ether oxygens (including phenoxy) is 1. The summed E-state index contributed by atoms with van der Waals surface area (Å²) in [7, 11) is 0. The highest BCUT2D eigenvalue weighted by Gasteiger charge is 2.24. The van der Waals surface area contributed by atoms with Gasteiger partial charge in [0.25, 0.3) is 0 Å². The summed E-state index contributed by atoms with van der Waals surface area (Å²) < 4.78 is 5.73. The van der Waals surface area contributed by atoms with Crippen molar-refractivity contribution in [1.29, 1.82) is 0 Å². The van der Waals surface area contributed by atoms with Crippen LogP contribution in [0.15, 0.2) is 24.3 Å². The maximum Gasteiger partial charge on any atom is 0.120 e. The topological polar surface area (TPSA) is 47.3 Å². The van der Waals surface area contributed by atoms with Gasteiger partial charge in [0.05, 0.1) is 6.04 Å². The largest absolute Gasteiger partial charge is 0.492 e. The molecule has 1 aromatic rings. The van der Waals surface area contributed by atoms with Crippen LogP contribution in [0.3, 0.4) is 0 Å². The maximum atomic E-state index is 5.90. The molecule has 94 valence electrons. The predicted molar refractivity (Wildman–Crippen MR) is 70.0 cm³/mol. The third kappa shape index (κ3) is 3.60. The van der Waals surface area contributed by atoms with Crippen LogP contribution in [0.2, 0.25) is 5.02 Å². The third-order valence-electron chi connectivity index (χ3n) is 3.41. The summed E-state index contributed by atoms with van der Waals surface area (Å²) in [6, 6.07) is 7.69. The van der Waals surface area contributed by atoms with Gasteiger partial charge >= 0.3 is 0 Å². The van der Waals surface area contributed by atoms with Crippen LogP contribution in [-0.4, -0.2) is 12.6 Å². The van der Waals surface area contributed by atoms with Crippen molar-refractivity contribution in [2.75, 3.05) is 6.61 Å². The molecule has 0 aromatic heterocycles. The van der Waals surface area contributed by atoms with E-state index in [1.54, 1.807) is 0 Å². The minimum Gasteiger partial charge on any atom is -0.492 e. The fraction of sp³-hybridized carbons (Fsp3) is 0.538. The Labute approximate surface area is 107 Å². The molecule has 0 saturated heterocycles. The zero-order valence-electron chi connectivity index (χ0n) is 9.86. The molecule has 1 unspecified atom stereocenters. The molecule has 0 heterocycles. The molecule has 1 fully saturated rings. The van der Waals surface area contributed by atoms with E-state index in [-0.39, 0.29) is 6.04 Å². The minimum atomic E-state index is 0.233. The van der Waals surface area contributed by atoms with Gasteiger partial charge in [-0.3, -0.25) is 11.3 Å². The lowest BCUT2D eigenvalue weighted by molar-refractivity contribution is 0.218. The number of benzene rings is 1. The van der Waals surface area contributed by atoms with Gasteiger partial charge in [-0.05, 0) is 37.0 Å². The second-order valence-electron chi connectivity index (χ2n) is 4.59. The van der Waals surface area contributed by atoms with Crippen LogP contribution in [0.25, 0.3) is 0 Å². The van der Waals surface area contributed by atoms with Gasteiger partial charge in [-0.15, -0.1) is 0 Å². The molecule has 1 saturated carbocycles. The number of hydrogen-bond acceptors (Lipinski definition) is 3. The van der Waals surface area contributed by atoms with E-state index in [9.17, 15) is 0 Å². The molecule has 3 nitrogen and oxygen atoms in total. The molecule has 0 spiro atoms. The van der Waals surface area contributed by atoms with Crippen LogP contribution < -0.4 is 16.0 Å². The Morgan fingerprint density at radius 1 is 1.41 bits per heavy atom. The standard InChI is InChI=1S/C13H19ClN2O/c14-11-6-3-7-12(8-11)17-9-13(16-15)10-4-1-2-5-10/h3,6-8,10,13,16H,1-2,4-5,9,15H2. The summed E-state index contributed by atoms with van der Waals surface area (Å²) in [4.78, 5) is 0. The van der Waals surface area contributed by atoms with Crippen LogP contribution in [0.5, 0.6) is 5.75 Å². The van der Waals surface area contributed by atoms with Crippen molar-refractivity contribution < 1.29 is 4.74 Å². The second kappa shape index (κ2) is 6.24. The van der Waals surface area contributed by atoms with Crippen molar-refractivity contribution in [3.63, 3.8) is 0 Å². The van der Waals surface area contributed by atoms with Crippen LogP contribution in [-0.2, 0) is 0 Å². The van der Waals surface area contributed by atoms with Gasteiger partial charge in [-0.1, -0.05) is 30.5 Å². The summed E-state index contributed by atoms with van der Waals surface area (Å²) in [6.07, 6.45) is 5.10. The first-order valence-electron chi connectivity index (χ1n) is 6.14. The van der Waals surface area contributed by atoms with Gasteiger partial charge in [0.2, 0.25) is 0 Å². The smallest absolute Gasteiger partial charge is 0.120 e. The van der Waals surface area contributed by atoms with Crippen molar-refractivity contribution in [2.45, 2.75) is 31.7 Å². The highest BCUT2D eigenvalue weighted by molar-refractivity contribution is 6.30. The van der Waals surface area contributed by atoms with Crippen molar-refractivity contribution in [3.05, 3.63) is 29.3 Å². The molecule has 0 radical (unpaired) electrons. The summed E-state index contributed by atoms with van der Waals surface area (Å²) in [5.74, 6) is 7.03. The van der Waals surface area contributed by atoms with E-state index in [0.29, 0.717) is 17.5 Å². The normalized spacial score (nSPS) is 18.2. The van der Waals surface area contributed by atoms with E-state index in [4.69, 9.17) is 22.2 Å². The SMILES string of the molecule is NNC(COc1cccc(Cl)c1)C1CCCC1. The second-order valence-corrected chi connectivity index (χ2v) is 5.02. The average Bonchev–Trinajstić information content (AvgIpc) is 2.84. The Balaban J connectivity index is 1.87.